The molecule has 0 saturated carbocycles. The SMILES string of the molecule is COC(=O)c1ccc(OC)c(S(=O)(=O)N2CCC(N)C(C)(C)C2)c1. The number of piperidine rings is 1. The second-order valence-electron chi connectivity index (χ2n) is 6.58. The van der Waals surface area contributed by atoms with Crippen molar-refractivity contribution >= 4 is 16.0 Å². The lowest BCUT2D eigenvalue weighted by atomic mass is 9.81. The number of methoxy groups -OCH3 is 2. The molecule has 7 nitrogen and oxygen atoms in total. The molecule has 1 aliphatic heterocycles. The molecule has 0 amide bonds. The third-order valence-corrected chi connectivity index (χ3v) is 6.35. The number of benzene rings is 1. The number of esters is 1. The zero-order chi connectivity index (χ0) is 18.1. The minimum atomic E-state index is -3.82. The van der Waals surface area contributed by atoms with Gasteiger partial charge in [0.05, 0.1) is 19.8 Å². The first kappa shape index (κ1) is 18.7. The van der Waals surface area contributed by atoms with Crippen LogP contribution >= 0.6 is 0 Å². The number of hydrogen-bond acceptors (Lipinski definition) is 6. The van der Waals surface area contributed by atoms with E-state index < -0.39 is 16.0 Å². The van der Waals surface area contributed by atoms with Gasteiger partial charge in [-0.1, -0.05) is 13.8 Å². The van der Waals surface area contributed by atoms with Crippen molar-refractivity contribution in [2.45, 2.75) is 31.2 Å². The quantitative estimate of drug-likeness (QED) is 0.815. The molecule has 24 heavy (non-hydrogen) atoms. The molecule has 134 valence electrons. The lowest BCUT2D eigenvalue weighted by molar-refractivity contribution is 0.0600. The summed E-state index contributed by atoms with van der Waals surface area (Å²) in [4.78, 5) is 11.7. The van der Waals surface area contributed by atoms with Crippen LogP contribution < -0.4 is 10.5 Å². The number of hydrogen-bond donors (Lipinski definition) is 1. The fourth-order valence-electron chi connectivity index (χ4n) is 2.79. The van der Waals surface area contributed by atoms with Crippen molar-refractivity contribution in [2.75, 3.05) is 27.3 Å². The van der Waals surface area contributed by atoms with Crippen LogP contribution in [0, 0.1) is 5.41 Å². The lowest BCUT2D eigenvalue weighted by Crippen LogP contribution is -2.53. The predicted molar refractivity (Wildman–Crippen MR) is 89.5 cm³/mol. The molecule has 1 unspecified atom stereocenters. The van der Waals surface area contributed by atoms with E-state index in [2.05, 4.69) is 4.74 Å². The summed E-state index contributed by atoms with van der Waals surface area (Å²) < 4.78 is 37.4. The van der Waals surface area contributed by atoms with Gasteiger partial charge >= 0.3 is 5.97 Å². The van der Waals surface area contributed by atoms with Crippen molar-refractivity contribution < 1.29 is 22.7 Å². The molecule has 8 heteroatoms. The lowest BCUT2D eigenvalue weighted by Gasteiger charge is -2.41. The minimum Gasteiger partial charge on any atom is -0.495 e. The Morgan fingerprint density at radius 3 is 2.54 bits per heavy atom. The monoisotopic (exact) mass is 356 g/mol. The van der Waals surface area contributed by atoms with Gasteiger partial charge in [0.1, 0.15) is 10.6 Å². The van der Waals surface area contributed by atoms with Crippen molar-refractivity contribution in [3.63, 3.8) is 0 Å². The maximum absolute atomic E-state index is 13.1. The average Bonchev–Trinajstić information content (AvgIpc) is 2.55. The predicted octanol–water partition coefficient (Wildman–Crippen LogP) is 1.23. The summed E-state index contributed by atoms with van der Waals surface area (Å²) in [5, 5.41) is 0. The first-order valence-corrected chi connectivity index (χ1v) is 9.09. The van der Waals surface area contributed by atoms with Crippen molar-refractivity contribution in [1.29, 1.82) is 0 Å². The Labute approximate surface area is 142 Å². The molecule has 2 rings (SSSR count). The van der Waals surface area contributed by atoms with Gasteiger partial charge in [0, 0.05) is 19.1 Å². The van der Waals surface area contributed by atoms with E-state index >= 15 is 0 Å². The summed E-state index contributed by atoms with van der Waals surface area (Å²) >= 11 is 0. The summed E-state index contributed by atoms with van der Waals surface area (Å²) in [6.45, 7) is 4.53. The number of sulfonamides is 1. The van der Waals surface area contributed by atoms with Crippen molar-refractivity contribution in [2.24, 2.45) is 11.1 Å². The molecule has 1 heterocycles. The van der Waals surface area contributed by atoms with Crippen LogP contribution in [0.25, 0.3) is 0 Å². The van der Waals surface area contributed by atoms with E-state index in [1.165, 1.54) is 36.7 Å². The molecule has 1 atom stereocenters. The van der Waals surface area contributed by atoms with Crippen LogP contribution in [-0.4, -0.2) is 52.0 Å². The number of carbonyl (C=O) groups is 1. The van der Waals surface area contributed by atoms with E-state index in [0.29, 0.717) is 19.5 Å². The minimum absolute atomic E-state index is 0.0424. The third kappa shape index (κ3) is 3.40. The van der Waals surface area contributed by atoms with Crippen LogP contribution in [0.4, 0.5) is 0 Å². The normalized spacial score (nSPS) is 21.3. The second kappa shape index (κ2) is 6.70. The van der Waals surface area contributed by atoms with Gasteiger partial charge in [-0.15, -0.1) is 0 Å². The Morgan fingerprint density at radius 2 is 2.00 bits per heavy atom. The van der Waals surface area contributed by atoms with E-state index in [4.69, 9.17) is 10.5 Å². The van der Waals surface area contributed by atoms with E-state index in [9.17, 15) is 13.2 Å². The number of nitrogens with zero attached hydrogens (tertiary/aromatic N) is 1. The molecule has 2 N–H and O–H groups in total. The Balaban J connectivity index is 2.47. The molecule has 1 aromatic carbocycles. The fourth-order valence-corrected chi connectivity index (χ4v) is 4.60. The summed E-state index contributed by atoms with van der Waals surface area (Å²) in [5.74, 6) is -0.412. The van der Waals surface area contributed by atoms with Gasteiger partial charge in [-0.05, 0) is 30.0 Å². The molecular weight excluding hydrogens is 332 g/mol. The van der Waals surface area contributed by atoms with Gasteiger partial charge in [-0.2, -0.15) is 4.31 Å². The van der Waals surface area contributed by atoms with E-state index in [-0.39, 0.29) is 27.7 Å². The first-order chi connectivity index (χ1) is 11.1. The molecular formula is C16H24N2O5S. The summed E-state index contributed by atoms with van der Waals surface area (Å²) in [5.41, 5.74) is 5.91. The maximum Gasteiger partial charge on any atom is 0.337 e. The van der Waals surface area contributed by atoms with Crippen LogP contribution in [0.1, 0.15) is 30.6 Å². The van der Waals surface area contributed by atoms with Crippen molar-refractivity contribution in [1.82, 2.24) is 4.31 Å². The molecule has 1 aliphatic rings. The molecule has 1 saturated heterocycles. The second-order valence-corrected chi connectivity index (χ2v) is 8.49. The van der Waals surface area contributed by atoms with Gasteiger partial charge in [-0.25, -0.2) is 13.2 Å². The average molecular weight is 356 g/mol. The van der Waals surface area contributed by atoms with Crippen molar-refractivity contribution in [3.05, 3.63) is 23.8 Å². The van der Waals surface area contributed by atoms with Crippen LogP contribution in [0.3, 0.4) is 0 Å². The summed E-state index contributed by atoms with van der Waals surface area (Å²) in [6, 6.07) is 4.16. The van der Waals surface area contributed by atoms with Gasteiger partial charge in [0.2, 0.25) is 10.0 Å². The Hall–Kier alpha value is -1.64. The third-order valence-electron chi connectivity index (χ3n) is 4.48. The van der Waals surface area contributed by atoms with Gasteiger partial charge in [-0.3, -0.25) is 0 Å². The van der Waals surface area contributed by atoms with E-state index in [1.807, 2.05) is 13.8 Å². The first-order valence-electron chi connectivity index (χ1n) is 7.65. The van der Waals surface area contributed by atoms with Crippen LogP contribution in [-0.2, 0) is 14.8 Å². The molecule has 1 aromatic rings. The molecule has 0 spiro atoms. The van der Waals surface area contributed by atoms with Crippen LogP contribution in [0.15, 0.2) is 23.1 Å². The zero-order valence-corrected chi connectivity index (χ0v) is 15.2. The molecule has 0 aliphatic carbocycles. The summed E-state index contributed by atoms with van der Waals surface area (Å²) in [6.07, 6.45) is 0.575. The highest BCUT2D eigenvalue weighted by Crippen LogP contribution is 2.34. The number of nitrogens with two attached hydrogens (primary N) is 1. The van der Waals surface area contributed by atoms with Crippen molar-refractivity contribution in [3.8, 4) is 5.75 Å². The molecule has 0 bridgehead atoms. The smallest absolute Gasteiger partial charge is 0.337 e. The zero-order valence-electron chi connectivity index (χ0n) is 14.4. The maximum atomic E-state index is 13.1. The highest BCUT2D eigenvalue weighted by atomic mass is 32.2. The largest absolute Gasteiger partial charge is 0.495 e. The van der Waals surface area contributed by atoms with Gasteiger partial charge < -0.3 is 15.2 Å². The highest BCUT2D eigenvalue weighted by Gasteiger charge is 2.39. The standard InChI is InChI=1S/C16H24N2O5S/c1-16(2)10-18(8-7-14(16)17)24(20,21)13-9-11(15(19)23-4)5-6-12(13)22-3/h5-6,9,14H,7-8,10,17H2,1-4H3. The van der Waals surface area contributed by atoms with Gasteiger partial charge in [0.15, 0.2) is 0 Å². The highest BCUT2D eigenvalue weighted by molar-refractivity contribution is 7.89. The van der Waals surface area contributed by atoms with Crippen LogP contribution in [0.2, 0.25) is 0 Å². The Kier molecular flexibility index (Phi) is 5.22. The molecule has 0 radical (unpaired) electrons. The number of ether oxygens (including phenoxy) is 2. The molecule has 0 aromatic heterocycles. The Bertz CT molecular complexity index is 730. The molecule has 1 fully saturated rings. The number of rotatable bonds is 4. The van der Waals surface area contributed by atoms with Crippen LogP contribution in [0.5, 0.6) is 5.75 Å². The number of carbonyl (C=O) groups excluding carboxylic acids is 1. The summed E-state index contributed by atoms with van der Waals surface area (Å²) in [7, 11) is -1.18. The fraction of sp³-hybridized carbons (Fsp3) is 0.562. The Morgan fingerprint density at radius 1 is 1.33 bits per heavy atom. The van der Waals surface area contributed by atoms with Gasteiger partial charge in [0.25, 0.3) is 0 Å². The van der Waals surface area contributed by atoms with E-state index in [0.717, 1.165) is 0 Å². The topological polar surface area (TPSA) is 98.9 Å². The van der Waals surface area contributed by atoms with E-state index in [1.54, 1.807) is 0 Å².